The van der Waals surface area contributed by atoms with Crippen molar-refractivity contribution in [2.45, 2.75) is 6.92 Å². The van der Waals surface area contributed by atoms with Crippen LogP contribution in [0.5, 0.6) is 0 Å². The fourth-order valence-corrected chi connectivity index (χ4v) is 1.37. The lowest BCUT2D eigenvalue weighted by molar-refractivity contribution is 0.448. The lowest BCUT2D eigenvalue weighted by atomic mass is 10.3. The molecule has 0 aliphatic carbocycles. The van der Waals surface area contributed by atoms with Crippen LogP contribution in [0.1, 0.15) is 5.82 Å². The molecule has 0 spiro atoms. The number of nitrogen functional groups attached to an aromatic ring is 1. The van der Waals surface area contributed by atoms with Gasteiger partial charge in [0.25, 0.3) is 0 Å². The van der Waals surface area contributed by atoms with Crippen molar-refractivity contribution in [1.82, 2.24) is 9.97 Å². The van der Waals surface area contributed by atoms with Crippen molar-refractivity contribution in [1.29, 1.82) is 0 Å². The number of imidazole rings is 1. The van der Waals surface area contributed by atoms with E-state index < -0.39 is 17.5 Å². The van der Waals surface area contributed by atoms with Gasteiger partial charge >= 0.3 is 0 Å². The lowest BCUT2D eigenvalue weighted by Gasteiger charge is -2.05. The van der Waals surface area contributed by atoms with E-state index in [2.05, 4.69) is 15.3 Å². The fourth-order valence-electron chi connectivity index (χ4n) is 1.37. The quantitative estimate of drug-likeness (QED) is 0.708. The molecule has 0 atom stereocenters. The number of hydrogen-bond donors (Lipinski definition) is 3. The second-order valence-electron chi connectivity index (χ2n) is 3.46. The van der Waals surface area contributed by atoms with Gasteiger partial charge in [-0.1, -0.05) is 0 Å². The molecular weight excluding hydrogens is 233 g/mol. The van der Waals surface area contributed by atoms with Crippen LogP contribution in [-0.2, 0) is 0 Å². The summed E-state index contributed by atoms with van der Waals surface area (Å²) in [6, 6.07) is 1.64. The smallest absolute Gasteiger partial charge is 0.194 e. The van der Waals surface area contributed by atoms with Crippen LogP contribution in [0.15, 0.2) is 12.1 Å². The Morgan fingerprint density at radius 1 is 1.24 bits per heavy atom. The first-order valence-electron chi connectivity index (χ1n) is 4.71. The van der Waals surface area contributed by atoms with Crippen LogP contribution in [0, 0.1) is 24.4 Å². The number of nitrogens with two attached hydrogens (primary N) is 1. The van der Waals surface area contributed by atoms with Gasteiger partial charge in [-0.2, -0.15) is 0 Å². The third-order valence-corrected chi connectivity index (χ3v) is 2.10. The Labute approximate surface area is 94.7 Å². The Morgan fingerprint density at radius 3 is 2.29 bits per heavy atom. The predicted octanol–water partition coefficient (Wildman–Crippen LogP) is 2.46. The first-order chi connectivity index (χ1) is 7.97. The molecule has 0 aliphatic heterocycles. The molecule has 4 N–H and O–H groups in total. The van der Waals surface area contributed by atoms with E-state index in [1.807, 2.05) is 0 Å². The van der Waals surface area contributed by atoms with E-state index in [9.17, 15) is 13.2 Å². The van der Waals surface area contributed by atoms with Crippen LogP contribution in [0.25, 0.3) is 0 Å². The summed E-state index contributed by atoms with van der Waals surface area (Å²) in [6.45, 7) is 1.67. The highest BCUT2D eigenvalue weighted by atomic mass is 19.2. The molecule has 0 aliphatic rings. The third kappa shape index (κ3) is 2.17. The molecule has 2 rings (SSSR count). The second kappa shape index (κ2) is 4.00. The fraction of sp³-hybridized carbons (Fsp3) is 0.100. The Morgan fingerprint density at radius 2 is 1.82 bits per heavy atom. The number of rotatable bonds is 2. The normalized spacial score (nSPS) is 10.6. The van der Waals surface area contributed by atoms with E-state index in [1.165, 1.54) is 0 Å². The molecule has 0 saturated heterocycles. The van der Waals surface area contributed by atoms with E-state index in [0.717, 1.165) is 12.1 Å². The van der Waals surface area contributed by atoms with Gasteiger partial charge in [0, 0.05) is 17.8 Å². The highest BCUT2D eigenvalue weighted by Crippen LogP contribution is 2.23. The topological polar surface area (TPSA) is 66.7 Å². The summed E-state index contributed by atoms with van der Waals surface area (Å²) in [4.78, 5) is 6.67. The Kier molecular flexibility index (Phi) is 2.66. The van der Waals surface area contributed by atoms with Crippen molar-refractivity contribution >= 4 is 17.3 Å². The van der Waals surface area contributed by atoms with Gasteiger partial charge in [-0.3, -0.25) is 0 Å². The number of H-pyrrole nitrogens is 1. The molecule has 7 heteroatoms. The van der Waals surface area contributed by atoms with E-state index >= 15 is 0 Å². The van der Waals surface area contributed by atoms with E-state index in [0.29, 0.717) is 5.82 Å². The molecule has 0 fully saturated rings. The monoisotopic (exact) mass is 242 g/mol. The van der Waals surface area contributed by atoms with Crippen LogP contribution >= 0.6 is 0 Å². The molecule has 90 valence electrons. The van der Waals surface area contributed by atoms with Gasteiger partial charge < -0.3 is 16.0 Å². The maximum Gasteiger partial charge on any atom is 0.194 e. The van der Waals surface area contributed by atoms with Crippen LogP contribution in [-0.4, -0.2) is 9.97 Å². The second-order valence-corrected chi connectivity index (χ2v) is 3.46. The number of aromatic amines is 1. The van der Waals surface area contributed by atoms with Crippen molar-refractivity contribution in [3.8, 4) is 0 Å². The van der Waals surface area contributed by atoms with Gasteiger partial charge in [-0.05, 0) is 6.92 Å². The number of anilines is 3. The molecule has 2 aromatic rings. The zero-order valence-corrected chi connectivity index (χ0v) is 8.81. The summed E-state index contributed by atoms with van der Waals surface area (Å²) < 4.78 is 38.6. The molecule has 1 aromatic carbocycles. The SMILES string of the molecule is Cc1nc(Nc2cc(F)c(F)c(F)c2)c(N)[nH]1. The van der Waals surface area contributed by atoms with Crippen molar-refractivity contribution in [3.05, 3.63) is 35.4 Å². The maximum atomic E-state index is 12.9. The standard InChI is InChI=1S/C10H9F3N4/c1-4-15-9(14)10(16-4)17-5-2-6(11)8(13)7(12)3-5/h2-3,17H,14H2,1H3,(H,15,16). The Balaban J connectivity index is 2.33. The van der Waals surface area contributed by atoms with E-state index in [4.69, 9.17) is 5.73 Å². The molecule has 17 heavy (non-hydrogen) atoms. The Hall–Kier alpha value is -2.18. The summed E-state index contributed by atoms with van der Waals surface area (Å²) >= 11 is 0. The number of benzene rings is 1. The zero-order chi connectivity index (χ0) is 12.6. The molecule has 0 unspecified atom stereocenters. The maximum absolute atomic E-state index is 12.9. The molecule has 0 bridgehead atoms. The minimum Gasteiger partial charge on any atom is -0.382 e. The average molecular weight is 242 g/mol. The third-order valence-electron chi connectivity index (χ3n) is 2.10. The summed E-state index contributed by atoms with van der Waals surface area (Å²) in [6.07, 6.45) is 0. The molecule has 1 heterocycles. The first kappa shape index (κ1) is 11.3. The number of aromatic nitrogens is 2. The van der Waals surface area contributed by atoms with Gasteiger partial charge in [0.2, 0.25) is 0 Å². The van der Waals surface area contributed by atoms with Gasteiger partial charge in [-0.15, -0.1) is 0 Å². The van der Waals surface area contributed by atoms with Crippen molar-refractivity contribution < 1.29 is 13.2 Å². The highest BCUT2D eigenvalue weighted by molar-refractivity contribution is 5.66. The van der Waals surface area contributed by atoms with Crippen LogP contribution in [0.4, 0.5) is 30.5 Å². The van der Waals surface area contributed by atoms with Gasteiger partial charge in [0.15, 0.2) is 23.3 Å². The molecule has 0 saturated carbocycles. The number of aryl methyl sites for hydroxylation is 1. The van der Waals surface area contributed by atoms with Crippen LogP contribution < -0.4 is 11.1 Å². The molecule has 4 nitrogen and oxygen atoms in total. The summed E-state index contributed by atoms with van der Waals surface area (Å²) in [7, 11) is 0. The Bertz CT molecular complexity index is 542. The average Bonchev–Trinajstić information content (AvgIpc) is 2.54. The summed E-state index contributed by atoms with van der Waals surface area (Å²) in [5, 5.41) is 2.59. The van der Waals surface area contributed by atoms with Crippen LogP contribution in [0.3, 0.4) is 0 Å². The molecule has 0 radical (unpaired) electrons. The van der Waals surface area contributed by atoms with Crippen molar-refractivity contribution in [2.75, 3.05) is 11.1 Å². The van der Waals surface area contributed by atoms with Gasteiger partial charge in [0.05, 0.1) is 0 Å². The van der Waals surface area contributed by atoms with E-state index in [1.54, 1.807) is 6.92 Å². The highest BCUT2D eigenvalue weighted by Gasteiger charge is 2.12. The minimum atomic E-state index is -1.51. The minimum absolute atomic E-state index is 0.0274. The van der Waals surface area contributed by atoms with Crippen LogP contribution in [0.2, 0.25) is 0 Å². The largest absolute Gasteiger partial charge is 0.382 e. The lowest BCUT2D eigenvalue weighted by Crippen LogP contribution is -1.98. The first-order valence-corrected chi connectivity index (χ1v) is 4.71. The molecular formula is C10H9F3N4. The van der Waals surface area contributed by atoms with Crippen molar-refractivity contribution in [2.24, 2.45) is 0 Å². The summed E-state index contributed by atoms with van der Waals surface area (Å²) in [5.41, 5.74) is 5.58. The molecule has 1 aromatic heterocycles. The number of halogens is 3. The number of nitrogens with zero attached hydrogens (tertiary/aromatic N) is 1. The van der Waals surface area contributed by atoms with Crippen molar-refractivity contribution in [3.63, 3.8) is 0 Å². The van der Waals surface area contributed by atoms with Gasteiger partial charge in [0.1, 0.15) is 11.6 Å². The zero-order valence-electron chi connectivity index (χ0n) is 8.81. The predicted molar refractivity (Wildman–Crippen MR) is 57.3 cm³/mol. The number of nitrogens with one attached hydrogen (secondary N) is 2. The summed E-state index contributed by atoms with van der Waals surface area (Å²) in [5.74, 6) is -3.06. The van der Waals surface area contributed by atoms with E-state index in [-0.39, 0.29) is 17.3 Å². The van der Waals surface area contributed by atoms with Gasteiger partial charge in [-0.25, -0.2) is 18.2 Å². The number of hydrogen-bond acceptors (Lipinski definition) is 3. The molecule has 0 amide bonds.